The highest BCUT2D eigenvalue weighted by atomic mass is 16.5. The predicted molar refractivity (Wildman–Crippen MR) is 61.0 cm³/mol. The third-order valence-corrected chi connectivity index (χ3v) is 2.47. The van der Waals surface area contributed by atoms with Gasteiger partial charge in [-0.15, -0.1) is 0 Å². The summed E-state index contributed by atoms with van der Waals surface area (Å²) in [7, 11) is 1.68. The van der Waals surface area contributed by atoms with Gasteiger partial charge in [-0.3, -0.25) is 4.79 Å². The van der Waals surface area contributed by atoms with E-state index in [1.54, 1.807) is 17.7 Å². The van der Waals surface area contributed by atoms with Crippen LogP contribution in [0.5, 0.6) is 0 Å². The van der Waals surface area contributed by atoms with Crippen molar-refractivity contribution in [2.45, 2.75) is 26.3 Å². The number of hydrogen-bond acceptors (Lipinski definition) is 3. The first-order chi connectivity index (χ1) is 7.16. The Balaban J connectivity index is 2.68. The van der Waals surface area contributed by atoms with Crippen LogP contribution in [0.2, 0.25) is 0 Å². The van der Waals surface area contributed by atoms with E-state index in [2.05, 4.69) is 0 Å². The van der Waals surface area contributed by atoms with E-state index in [4.69, 9.17) is 10.5 Å². The van der Waals surface area contributed by atoms with Gasteiger partial charge in [-0.25, -0.2) is 0 Å². The average molecular weight is 210 g/mol. The number of ether oxygens (including phenoxy) is 1. The molecule has 0 aliphatic rings. The molecular weight excluding hydrogens is 192 g/mol. The normalized spacial score (nSPS) is 10.5. The SMILES string of the molecule is COCCCCn1c(C)c(N)ccc1=O. The van der Waals surface area contributed by atoms with Crippen LogP contribution in [-0.2, 0) is 11.3 Å². The molecule has 84 valence electrons. The number of methoxy groups -OCH3 is 1. The lowest BCUT2D eigenvalue weighted by Gasteiger charge is -2.11. The lowest BCUT2D eigenvalue weighted by atomic mass is 10.2. The van der Waals surface area contributed by atoms with Crippen LogP contribution in [0.3, 0.4) is 0 Å². The van der Waals surface area contributed by atoms with Gasteiger partial charge in [-0.2, -0.15) is 0 Å². The second-order valence-electron chi connectivity index (χ2n) is 3.56. The number of unbranched alkanes of at least 4 members (excludes halogenated alkanes) is 1. The van der Waals surface area contributed by atoms with Gasteiger partial charge in [0, 0.05) is 32.0 Å². The first-order valence-electron chi connectivity index (χ1n) is 5.11. The van der Waals surface area contributed by atoms with Gasteiger partial charge in [0.25, 0.3) is 5.56 Å². The lowest BCUT2D eigenvalue weighted by molar-refractivity contribution is 0.191. The Labute approximate surface area is 89.7 Å². The molecule has 1 rings (SSSR count). The molecule has 0 amide bonds. The van der Waals surface area contributed by atoms with Crippen LogP contribution in [0.25, 0.3) is 0 Å². The molecule has 4 nitrogen and oxygen atoms in total. The van der Waals surface area contributed by atoms with Crippen LogP contribution in [0.1, 0.15) is 18.5 Å². The summed E-state index contributed by atoms with van der Waals surface area (Å²) in [6, 6.07) is 3.17. The average Bonchev–Trinajstić information content (AvgIpc) is 2.23. The zero-order chi connectivity index (χ0) is 11.3. The summed E-state index contributed by atoms with van der Waals surface area (Å²) in [6.07, 6.45) is 1.88. The molecule has 0 unspecified atom stereocenters. The summed E-state index contributed by atoms with van der Waals surface area (Å²) in [4.78, 5) is 11.5. The highest BCUT2D eigenvalue weighted by Crippen LogP contribution is 2.07. The van der Waals surface area contributed by atoms with Crippen LogP contribution in [-0.4, -0.2) is 18.3 Å². The maximum atomic E-state index is 11.5. The van der Waals surface area contributed by atoms with Gasteiger partial charge in [0.15, 0.2) is 0 Å². The summed E-state index contributed by atoms with van der Waals surface area (Å²) in [5.41, 5.74) is 7.26. The molecule has 0 bridgehead atoms. The highest BCUT2D eigenvalue weighted by Gasteiger charge is 2.02. The zero-order valence-electron chi connectivity index (χ0n) is 9.32. The fraction of sp³-hybridized carbons (Fsp3) is 0.545. The van der Waals surface area contributed by atoms with Crippen LogP contribution < -0.4 is 11.3 Å². The van der Waals surface area contributed by atoms with Crippen molar-refractivity contribution in [3.8, 4) is 0 Å². The van der Waals surface area contributed by atoms with Crippen molar-refractivity contribution in [1.29, 1.82) is 0 Å². The third kappa shape index (κ3) is 3.09. The first kappa shape index (κ1) is 11.8. The summed E-state index contributed by atoms with van der Waals surface area (Å²) < 4.78 is 6.67. The molecule has 0 saturated carbocycles. The fourth-order valence-electron chi connectivity index (χ4n) is 1.49. The maximum Gasteiger partial charge on any atom is 0.250 e. The van der Waals surface area contributed by atoms with Gasteiger partial charge < -0.3 is 15.0 Å². The fourth-order valence-corrected chi connectivity index (χ4v) is 1.49. The van der Waals surface area contributed by atoms with Gasteiger partial charge in [0.2, 0.25) is 0 Å². The Morgan fingerprint density at radius 2 is 2.13 bits per heavy atom. The predicted octanol–water partition coefficient (Wildman–Crippen LogP) is 1.17. The van der Waals surface area contributed by atoms with E-state index < -0.39 is 0 Å². The van der Waals surface area contributed by atoms with Gasteiger partial charge in [-0.1, -0.05) is 0 Å². The largest absolute Gasteiger partial charge is 0.397 e. The van der Waals surface area contributed by atoms with Crippen molar-refractivity contribution in [1.82, 2.24) is 4.57 Å². The molecule has 0 saturated heterocycles. The van der Waals surface area contributed by atoms with Crippen molar-refractivity contribution >= 4 is 5.69 Å². The molecular formula is C11H18N2O2. The van der Waals surface area contributed by atoms with E-state index in [-0.39, 0.29) is 5.56 Å². The second kappa shape index (κ2) is 5.56. The third-order valence-electron chi connectivity index (χ3n) is 2.47. The number of nitrogens with two attached hydrogens (primary N) is 1. The number of pyridine rings is 1. The highest BCUT2D eigenvalue weighted by molar-refractivity contribution is 5.41. The smallest absolute Gasteiger partial charge is 0.250 e. The second-order valence-corrected chi connectivity index (χ2v) is 3.56. The van der Waals surface area contributed by atoms with Crippen LogP contribution in [0.15, 0.2) is 16.9 Å². The molecule has 4 heteroatoms. The van der Waals surface area contributed by atoms with E-state index in [9.17, 15) is 4.79 Å². The topological polar surface area (TPSA) is 57.2 Å². The van der Waals surface area contributed by atoms with Gasteiger partial charge in [0.05, 0.1) is 5.69 Å². The van der Waals surface area contributed by atoms with E-state index in [1.807, 2.05) is 6.92 Å². The van der Waals surface area contributed by atoms with Crippen molar-refractivity contribution in [3.63, 3.8) is 0 Å². The summed E-state index contributed by atoms with van der Waals surface area (Å²) in [6.45, 7) is 3.31. The zero-order valence-corrected chi connectivity index (χ0v) is 9.32. The lowest BCUT2D eigenvalue weighted by Crippen LogP contribution is -2.22. The molecule has 0 atom stereocenters. The molecule has 15 heavy (non-hydrogen) atoms. The number of anilines is 1. The van der Waals surface area contributed by atoms with Crippen molar-refractivity contribution < 1.29 is 4.74 Å². The Morgan fingerprint density at radius 3 is 2.80 bits per heavy atom. The van der Waals surface area contributed by atoms with E-state index in [1.165, 1.54) is 6.07 Å². The monoisotopic (exact) mass is 210 g/mol. The molecule has 2 N–H and O–H groups in total. The van der Waals surface area contributed by atoms with Crippen LogP contribution in [0.4, 0.5) is 5.69 Å². The summed E-state index contributed by atoms with van der Waals surface area (Å²) in [5, 5.41) is 0. The molecule has 0 aliphatic carbocycles. The first-order valence-corrected chi connectivity index (χ1v) is 5.11. The molecule has 0 aliphatic heterocycles. The van der Waals surface area contributed by atoms with Crippen molar-refractivity contribution in [2.24, 2.45) is 0 Å². The number of aromatic nitrogens is 1. The van der Waals surface area contributed by atoms with Gasteiger partial charge >= 0.3 is 0 Å². The molecule has 0 spiro atoms. The molecule has 0 aromatic carbocycles. The Morgan fingerprint density at radius 1 is 1.40 bits per heavy atom. The summed E-state index contributed by atoms with van der Waals surface area (Å²) in [5.74, 6) is 0. The van der Waals surface area contributed by atoms with E-state index >= 15 is 0 Å². The number of nitrogens with zero attached hydrogens (tertiary/aromatic N) is 1. The Hall–Kier alpha value is -1.29. The van der Waals surface area contributed by atoms with Gasteiger partial charge in [-0.05, 0) is 25.8 Å². The number of rotatable bonds is 5. The number of hydrogen-bond donors (Lipinski definition) is 1. The van der Waals surface area contributed by atoms with Gasteiger partial charge in [0.1, 0.15) is 0 Å². The minimum absolute atomic E-state index is 0.0131. The maximum absolute atomic E-state index is 11.5. The minimum atomic E-state index is 0.0131. The summed E-state index contributed by atoms with van der Waals surface area (Å²) >= 11 is 0. The van der Waals surface area contributed by atoms with Crippen LogP contribution in [0, 0.1) is 6.92 Å². The molecule has 0 fully saturated rings. The Kier molecular flexibility index (Phi) is 4.37. The van der Waals surface area contributed by atoms with Crippen LogP contribution >= 0.6 is 0 Å². The van der Waals surface area contributed by atoms with Crippen molar-refractivity contribution in [2.75, 3.05) is 19.5 Å². The molecule has 1 heterocycles. The van der Waals surface area contributed by atoms with Crippen molar-refractivity contribution in [3.05, 3.63) is 28.2 Å². The standard InChI is InChI=1S/C11H18N2O2/c1-9-10(12)5-6-11(14)13(9)7-3-4-8-15-2/h5-6H,3-4,7-8,12H2,1-2H3. The molecule has 1 aromatic rings. The molecule has 0 radical (unpaired) electrons. The number of nitrogen functional groups attached to an aromatic ring is 1. The Bertz CT molecular complexity index is 371. The minimum Gasteiger partial charge on any atom is -0.397 e. The van der Waals surface area contributed by atoms with E-state index in [0.717, 1.165) is 25.1 Å². The quantitative estimate of drug-likeness (QED) is 0.742. The van der Waals surface area contributed by atoms with E-state index in [0.29, 0.717) is 12.2 Å². The molecule has 1 aromatic heterocycles.